The number of ether oxygens (including phenoxy) is 3. The molecule has 0 bridgehead atoms. The minimum Gasteiger partial charge on any atom is -0.466 e. The van der Waals surface area contributed by atoms with Gasteiger partial charge in [0.15, 0.2) is 5.11 Å². The van der Waals surface area contributed by atoms with Gasteiger partial charge in [-0.15, -0.1) is 0 Å². The van der Waals surface area contributed by atoms with Gasteiger partial charge in [0.25, 0.3) is 0 Å². The number of nitrogens with one attached hydrogen (secondary N) is 2. The zero-order valence-corrected chi connectivity index (χ0v) is 19.5. The maximum atomic E-state index is 12.8. The molecule has 0 saturated carbocycles. The minimum atomic E-state index is -0.498. The maximum Gasteiger partial charge on any atom is 0.338 e. The Kier molecular flexibility index (Phi) is 9.61. The van der Waals surface area contributed by atoms with Crippen LogP contribution in [0.15, 0.2) is 35.5 Å². The Morgan fingerprint density at radius 2 is 1.81 bits per heavy atom. The number of allylic oxidation sites excluding steroid dienone is 1. The molecular weight excluding hydrogens is 434 g/mol. The van der Waals surface area contributed by atoms with Gasteiger partial charge in [0.2, 0.25) is 5.91 Å². The number of carbonyl (C=O) groups is 3. The molecule has 9 nitrogen and oxygen atoms in total. The highest BCUT2D eigenvalue weighted by atomic mass is 32.1. The quantitative estimate of drug-likeness (QED) is 0.307. The molecule has 2 N–H and O–H groups in total. The fourth-order valence-corrected chi connectivity index (χ4v) is 3.33. The highest BCUT2D eigenvalue weighted by molar-refractivity contribution is 7.80. The summed E-state index contributed by atoms with van der Waals surface area (Å²) >= 11 is 5.39. The topological polar surface area (TPSA) is 106 Å². The van der Waals surface area contributed by atoms with Crippen molar-refractivity contribution >= 4 is 40.9 Å². The lowest BCUT2D eigenvalue weighted by Gasteiger charge is -2.35. The molecule has 0 radical (unpaired) electrons. The fourth-order valence-electron chi connectivity index (χ4n) is 3.08. The SMILES string of the molecule is CCOC(=O)CCC(=O)Nc1ccc(C2NC(=S)N(C)C(C)=C2C(=O)OCCOC)cc1. The predicted octanol–water partition coefficient (Wildman–Crippen LogP) is 2.29. The summed E-state index contributed by atoms with van der Waals surface area (Å²) in [4.78, 5) is 37.9. The second-order valence-corrected chi connectivity index (χ2v) is 7.43. The third kappa shape index (κ3) is 6.76. The lowest BCUT2D eigenvalue weighted by molar-refractivity contribution is -0.144. The molecule has 1 unspecified atom stereocenters. The van der Waals surface area contributed by atoms with Crippen molar-refractivity contribution in [1.29, 1.82) is 0 Å². The van der Waals surface area contributed by atoms with Crippen LogP contribution in [0, 0.1) is 0 Å². The molecule has 1 aliphatic rings. The standard InChI is InChI=1S/C22H29N3O6S/c1-5-30-18(27)11-10-17(26)23-16-8-6-15(7-9-16)20-19(21(28)31-13-12-29-4)14(2)25(3)22(32)24-20/h6-9,20H,5,10-13H2,1-4H3,(H,23,26)(H,24,32). The first kappa shape index (κ1) is 25.3. The molecule has 0 fully saturated rings. The molecule has 1 atom stereocenters. The first-order valence-electron chi connectivity index (χ1n) is 10.2. The number of methoxy groups -OCH3 is 1. The minimum absolute atomic E-state index is 0.0212. The monoisotopic (exact) mass is 463 g/mol. The van der Waals surface area contributed by atoms with Crippen LogP contribution in [0.2, 0.25) is 0 Å². The van der Waals surface area contributed by atoms with E-state index in [4.69, 9.17) is 26.4 Å². The van der Waals surface area contributed by atoms with E-state index in [0.717, 1.165) is 5.56 Å². The van der Waals surface area contributed by atoms with Crippen molar-refractivity contribution in [2.75, 3.05) is 39.3 Å². The number of esters is 2. The summed E-state index contributed by atoms with van der Waals surface area (Å²) in [6.07, 6.45) is 0.0537. The first-order valence-corrected chi connectivity index (χ1v) is 10.7. The van der Waals surface area contributed by atoms with Gasteiger partial charge in [-0.2, -0.15) is 0 Å². The van der Waals surface area contributed by atoms with Crippen molar-refractivity contribution < 1.29 is 28.6 Å². The van der Waals surface area contributed by atoms with Gasteiger partial charge in [-0.05, 0) is 43.8 Å². The number of hydrogen-bond acceptors (Lipinski definition) is 7. The second kappa shape index (κ2) is 12.2. The number of rotatable bonds is 10. The molecule has 0 aromatic heterocycles. The molecule has 0 aliphatic carbocycles. The third-order valence-electron chi connectivity index (χ3n) is 4.88. The van der Waals surface area contributed by atoms with Gasteiger partial charge in [-0.3, -0.25) is 9.59 Å². The van der Waals surface area contributed by atoms with Crippen molar-refractivity contribution in [2.24, 2.45) is 0 Å². The lowest BCUT2D eigenvalue weighted by atomic mass is 9.95. The number of anilines is 1. The van der Waals surface area contributed by atoms with E-state index in [2.05, 4.69) is 10.6 Å². The average Bonchev–Trinajstić information content (AvgIpc) is 2.76. The smallest absolute Gasteiger partial charge is 0.338 e. The normalized spacial score (nSPS) is 15.8. The van der Waals surface area contributed by atoms with Gasteiger partial charge < -0.3 is 29.7 Å². The van der Waals surface area contributed by atoms with Gasteiger partial charge in [-0.1, -0.05) is 12.1 Å². The molecule has 1 aliphatic heterocycles. The van der Waals surface area contributed by atoms with Crippen LogP contribution in [0.25, 0.3) is 0 Å². The van der Waals surface area contributed by atoms with E-state index in [9.17, 15) is 14.4 Å². The van der Waals surface area contributed by atoms with E-state index < -0.39 is 18.0 Å². The summed E-state index contributed by atoms with van der Waals surface area (Å²) < 4.78 is 15.1. The van der Waals surface area contributed by atoms with Crippen LogP contribution in [-0.2, 0) is 28.6 Å². The van der Waals surface area contributed by atoms with E-state index in [1.54, 1.807) is 43.1 Å². The van der Waals surface area contributed by atoms with Crippen LogP contribution in [0.1, 0.15) is 38.3 Å². The first-order chi connectivity index (χ1) is 15.3. The van der Waals surface area contributed by atoms with Crippen molar-refractivity contribution in [2.45, 2.75) is 32.7 Å². The van der Waals surface area contributed by atoms with Gasteiger partial charge >= 0.3 is 11.9 Å². The van der Waals surface area contributed by atoms with Crippen LogP contribution in [0.4, 0.5) is 5.69 Å². The Morgan fingerprint density at radius 1 is 1.12 bits per heavy atom. The van der Waals surface area contributed by atoms with Crippen molar-refractivity contribution in [1.82, 2.24) is 10.2 Å². The van der Waals surface area contributed by atoms with E-state index >= 15 is 0 Å². The van der Waals surface area contributed by atoms with Crippen LogP contribution in [0.3, 0.4) is 0 Å². The Bertz CT molecular complexity index is 884. The lowest BCUT2D eigenvalue weighted by Crippen LogP contribution is -2.46. The number of amides is 1. The summed E-state index contributed by atoms with van der Waals surface area (Å²) in [7, 11) is 3.31. The highest BCUT2D eigenvalue weighted by Gasteiger charge is 2.33. The van der Waals surface area contributed by atoms with E-state index in [1.165, 1.54) is 7.11 Å². The fraction of sp³-hybridized carbons (Fsp3) is 0.455. The number of benzene rings is 1. The molecule has 1 aromatic carbocycles. The van der Waals surface area contributed by atoms with Gasteiger partial charge in [0.05, 0.1) is 31.2 Å². The Labute approximate surface area is 193 Å². The molecule has 1 heterocycles. The Balaban J connectivity index is 2.13. The van der Waals surface area contributed by atoms with Gasteiger partial charge in [0.1, 0.15) is 6.61 Å². The molecule has 1 aromatic rings. The summed E-state index contributed by atoms with van der Waals surface area (Å²) in [5, 5.41) is 6.40. The maximum absolute atomic E-state index is 12.8. The predicted molar refractivity (Wildman–Crippen MR) is 123 cm³/mol. The molecule has 174 valence electrons. The number of thiocarbonyl (C=S) groups is 1. The molecule has 2 rings (SSSR count). The molecule has 1 amide bonds. The van der Waals surface area contributed by atoms with E-state index in [1.807, 2.05) is 6.92 Å². The number of hydrogen-bond donors (Lipinski definition) is 2. The van der Waals surface area contributed by atoms with Crippen molar-refractivity contribution in [3.8, 4) is 0 Å². The van der Waals surface area contributed by atoms with Gasteiger partial charge in [0, 0.05) is 32.0 Å². The van der Waals surface area contributed by atoms with Crippen LogP contribution in [0.5, 0.6) is 0 Å². The molecular formula is C22H29N3O6S. The van der Waals surface area contributed by atoms with Crippen LogP contribution in [-0.4, -0.2) is 61.8 Å². The molecule has 32 heavy (non-hydrogen) atoms. The second-order valence-electron chi connectivity index (χ2n) is 7.04. The molecule has 0 saturated heterocycles. The zero-order valence-electron chi connectivity index (χ0n) is 18.7. The third-order valence-corrected chi connectivity index (χ3v) is 5.28. The Morgan fingerprint density at radius 3 is 2.44 bits per heavy atom. The van der Waals surface area contributed by atoms with Crippen LogP contribution >= 0.6 is 12.2 Å². The number of nitrogens with zero attached hydrogens (tertiary/aromatic N) is 1. The summed E-state index contributed by atoms with van der Waals surface area (Å²) in [5.41, 5.74) is 2.49. The van der Waals surface area contributed by atoms with E-state index in [-0.39, 0.29) is 32.0 Å². The highest BCUT2D eigenvalue weighted by Crippen LogP contribution is 2.31. The summed E-state index contributed by atoms with van der Waals surface area (Å²) in [6.45, 7) is 4.25. The van der Waals surface area contributed by atoms with E-state index in [0.29, 0.717) is 28.7 Å². The molecule has 0 spiro atoms. The van der Waals surface area contributed by atoms with Crippen molar-refractivity contribution in [3.63, 3.8) is 0 Å². The molecule has 10 heteroatoms. The summed E-state index contributed by atoms with van der Waals surface area (Å²) in [6, 6.07) is 6.54. The average molecular weight is 464 g/mol. The van der Waals surface area contributed by atoms with Crippen molar-refractivity contribution in [3.05, 3.63) is 41.1 Å². The van der Waals surface area contributed by atoms with Gasteiger partial charge in [-0.25, -0.2) is 4.79 Å². The number of carbonyl (C=O) groups excluding carboxylic acids is 3. The Hall–Kier alpha value is -2.98. The summed E-state index contributed by atoms with van der Waals surface area (Å²) in [5.74, 6) is -1.15. The van der Waals surface area contributed by atoms with Crippen LogP contribution < -0.4 is 10.6 Å². The zero-order chi connectivity index (χ0) is 23.7. The largest absolute Gasteiger partial charge is 0.466 e.